The number of ether oxygens (including phenoxy) is 1. The van der Waals surface area contributed by atoms with Crippen molar-refractivity contribution >= 4 is 48.0 Å². The Balaban J connectivity index is 0.00000156. The van der Waals surface area contributed by atoms with Crippen LogP contribution in [0.5, 0.6) is 0 Å². The summed E-state index contributed by atoms with van der Waals surface area (Å²) in [6, 6.07) is 7.54. The molecule has 2 fully saturated rings. The van der Waals surface area contributed by atoms with E-state index < -0.39 is 6.04 Å². The summed E-state index contributed by atoms with van der Waals surface area (Å²) >= 11 is 6.05. The highest BCUT2D eigenvalue weighted by atomic mass is 35.5. The van der Waals surface area contributed by atoms with Gasteiger partial charge in [-0.05, 0) is 43.4 Å². The minimum absolute atomic E-state index is 0. The topological polar surface area (TPSA) is 67.6 Å². The predicted molar refractivity (Wildman–Crippen MR) is 106 cm³/mol. The SMILES string of the molecule is Cl.Cl.NC(C(=O)NC1CCN(c2cccc(Cl)c2)C1)C1CCOCC1. The van der Waals surface area contributed by atoms with Crippen molar-refractivity contribution in [3.8, 4) is 0 Å². The van der Waals surface area contributed by atoms with E-state index in [0.29, 0.717) is 13.2 Å². The molecule has 0 saturated carbocycles. The number of nitrogens with one attached hydrogen (secondary N) is 1. The number of amides is 1. The monoisotopic (exact) mass is 409 g/mol. The zero-order chi connectivity index (χ0) is 16.2. The molecule has 1 aromatic carbocycles. The molecule has 8 heteroatoms. The van der Waals surface area contributed by atoms with Gasteiger partial charge in [0.2, 0.25) is 5.91 Å². The molecule has 0 radical (unpaired) electrons. The first-order chi connectivity index (χ1) is 11.1. The van der Waals surface area contributed by atoms with Crippen LogP contribution < -0.4 is 16.0 Å². The number of benzene rings is 1. The van der Waals surface area contributed by atoms with Crippen molar-refractivity contribution in [3.63, 3.8) is 0 Å². The summed E-state index contributed by atoms with van der Waals surface area (Å²) < 4.78 is 5.33. The smallest absolute Gasteiger partial charge is 0.237 e. The van der Waals surface area contributed by atoms with E-state index in [1.54, 1.807) is 0 Å². The van der Waals surface area contributed by atoms with Crippen molar-refractivity contribution in [1.29, 1.82) is 0 Å². The van der Waals surface area contributed by atoms with Crippen LogP contribution in [0.2, 0.25) is 5.02 Å². The van der Waals surface area contributed by atoms with Gasteiger partial charge >= 0.3 is 0 Å². The number of nitrogens with two attached hydrogens (primary N) is 1. The Morgan fingerprint density at radius 3 is 2.68 bits per heavy atom. The second kappa shape index (κ2) is 10.4. The Morgan fingerprint density at radius 1 is 1.28 bits per heavy atom. The van der Waals surface area contributed by atoms with Crippen LogP contribution in [0.4, 0.5) is 5.69 Å². The van der Waals surface area contributed by atoms with Crippen LogP contribution in [-0.2, 0) is 9.53 Å². The lowest BCUT2D eigenvalue weighted by Gasteiger charge is -2.27. The molecule has 142 valence electrons. The molecule has 2 atom stereocenters. The quantitative estimate of drug-likeness (QED) is 0.801. The Bertz CT molecular complexity index is 556. The van der Waals surface area contributed by atoms with Gasteiger partial charge in [-0.15, -0.1) is 24.8 Å². The molecular formula is C17H26Cl3N3O2. The molecule has 5 nitrogen and oxygen atoms in total. The summed E-state index contributed by atoms with van der Waals surface area (Å²) in [4.78, 5) is 14.6. The van der Waals surface area contributed by atoms with Gasteiger partial charge in [-0.25, -0.2) is 0 Å². The summed E-state index contributed by atoms with van der Waals surface area (Å²) in [6.07, 6.45) is 2.67. The average Bonchev–Trinajstić information content (AvgIpc) is 3.03. The molecule has 2 saturated heterocycles. The number of carbonyl (C=O) groups is 1. The number of carbonyl (C=O) groups excluding carboxylic acids is 1. The van der Waals surface area contributed by atoms with Gasteiger partial charge in [-0.2, -0.15) is 0 Å². The normalized spacial score (nSPS) is 21.8. The summed E-state index contributed by atoms with van der Waals surface area (Å²) in [5.74, 6) is 0.198. The lowest BCUT2D eigenvalue weighted by atomic mass is 9.91. The van der Waals surface area contributed by atoms with Gasteiger partial charge in [-0.1, -0.05) is 17.7 Å². The van der Waals surface area contributed by atoms with E-state index in [0.717, 1.165) is 43.1 Å². The lowest BCUT2D eigenvalue weighted by Crippen LogP contribution is -2.50. The number of halogens is 3. The van der Waals surface area contributed by atoms with E-state index in [2.05, 4.69) is 10.2 Å². The molecule has 2 aliphatic heterocycles. The summed E-state index contributed by atoms with van der Waals surface area (Å²) in [5, 5.41) is 3.84. The molecule has 2 aliphatic rings. The molecular weight excluding hydrogens is 385 g/mol. The highest BCUT2D eigenvalue weighted by Gasteiger charge is 2.30. The lowest BCUT2D eigenvalue weighted by molar-refractivity contribution is -0.124. The van der Waals surface area contributed by atoms with Crippen LogP contribution in [0, 0.1) is 5.92 Å². The third kappa shape index (κ3) is 5.90. The van der Waals surface area contributed by atoms with Crippen LogP contribution >= 0.6 is 36.4 Å². The predicted octanol–water partition coefficient (Wildman–Crippen LogP) is 2.63. The fraction of sp³-hybridized carbons (Fsp3) is 0.588. The van der Waals surface area contributed by atoms with E-state index in [4.69, 9.17) is 22.1 Å². The Hall–Kier alpha value is -0.720. The Labute approximate surface area is 166 Å². The molecule has 1 amide bonds. The van der Waals surface area contributed by atoms with Crippen molar-refractivity contribution in [1.82, 2.24) is 5.32 Å². The second-order valence-corrected chi connectivity index (χ2v) is 6.83. The van der Waals surface area contributed by atoms with Gasteiger partial charge < -0.3 is 20.7 Å². The molecule has 3 rings (SSSR count). The van der Waals surface area contributed by atoms with Gasteiger partial charge in [0.05, 0.1) is 6.04 Å². The summed E-state index contributed by atoms with van der Waals surface area (Å²) in [7, 11) is 0. The van der Waals surface area contributed by atoms with Crippen molar-refractivity contribution in [2.75, 3.05) is 31.2 Å². The first-order valence-corrected chi connectivity index (χ1v) is 8.65. The van der Waals surface area contributed by atoms with Gasteiger partial charge in [-0.3, -0.25) is 4.79 Å². The third-order valence-corrected chi connectivity index (χ3v) is 5.02. The van der Waals surface area contributed by atoms with E-state index >= 15 is 0 Å². The Kier molecular flexibility index (Phi) is 9.32. The van der Waals surface area contributed by atoms with Crippen LogP contribution in [0.25, 0.3) is 0 Å². The van der Waals surface area contributed by atoms with Gasteiger partial charge in [0.1, 0.15) is 0 Å². The largest absolute Gasteiger partial charge is 0.381 e. The molecule has 0 aliphatic carbocycles. The highest BCUT2D eigenvalue weighted by molar-refractivity contribution is 6.30. The van der Waals surface area contributed by atoms with E-state index in [1.807, 2.05) is 24.3 Å². The molecule has 0 bridgehead atoms. The van der Waals surface area contributed by atoms with Crippen LogP contribution in [0.3, 0.4) is 0 Å². The zero-order valence-electron chi connectivity index (χ0n) is 14.0. The van der Waals surface area contributed by atoms with Crippen LogP contribution in [0.15, 0.2) is 24.3 Å². The second-order valence-electron chi connectivity index (χ2n) is 6.40. The van der Waals surface area contributed by atoms with E-state index in [9.17, 15) is 4.79 Å². The van der Waals surface area contributed by atoms with Crippen molar-refractivity contribution in [2.24, 2.45) is 11.7 Å². The molecule has 3 N–H and O–H groups in total. The van der Waals surface area contributed by atoms with Crippen molar-refractivity contribution < 1.29 is 9.53 Å². The van der Waals surface area contributed by atoms with Crippen molar-refractivity contribution in [2.45, 2.75) is 31.3 Å². The summed E-state index contributed by atoms with van der Waals surface area (Å²) in [5.41, 5.74) is 7.24. The minimum atomic E-state index is -0.431. The number of rotatable bonds is 4. The van der Waals surface area contributed by atoms with Gasteiger partial charge in [0.15, 0.2) is 0 Å². The van der Waals surface area contributed by atoms with E-state index in [1.165, 1.54) is 0 Å². The summed E-state index contributed by atoms with van der Waals surface area (Å²) in [6.45, 7) is 3.12. The fourth-order valence-electron chi connectivity index (χ4n) is 3.37. The standard InChI is InChI=1S/C17H24ClN3O2.2ClH/c18-13-2-1-3-15(10-13)21-7-4-14(11-21)20-17(22)16(19)12-5-8-23-9-6-12;;/h1-3,10,12,14,16H,4-9,11,19H2,(H,20,22);2*1H. The van der Waals surface area contributed by atoms with Gasteiger partial charge in [0.25, 0.3) is 0 Å². The highest BCUT2D eigenvalue weighted by Crippen LogP contribution is 2.24. The maximum absolute atomic E-state index is 12.4. The first kappa shape index (κ1) is 22.3. The van der Waals surface area contributed by atoms with Gasteiger partial charge in [0, 0.05) is 43.1 Å². The molecule has 0 spiro atoms. The molecule has 2 heterocycles. The number of nitrogens with zero attached hydrogens (tertiary/aromatic N) is 1. The van der Waals surface area contributed by atoms with Crippen molar-refractivity contribution in [3.05, 3.63) is 29.3 Å². The van der Waals surface area contributed by atoms with Crippen LogP contribution in [0.1, 0.15) is 19.3 Å². The third-order valence-electron chi connectivity index (χ3n) is 4.78. The maximum atomic E-state index is 12.4. The fourth-order valence-corrected chi connectivity index (χ4v) is 3.56. The van der Waals surface area contributed by atoms with Crippen LogP contribution in [-0.4, -0.2) is 44.3 Å². The Morgan fingerprint density at radius 2 is 2.00 bits per heavy atom. The number of anilines is 1. The molecule has 2 unspecified atom stereocenters. The molecule has 1 aromatic rings. The van der Waals surface area contributed by atoms with E-state index in [-0.39, 0.29) is 42.7 Å². The average molecular weight is 411 g/mol. The molecule has 25 heavy (non-hydrogen) atoms. The minimum Gasteiger partial charge on any atom is -0.381 e. The first-order valence-electron chi connectivity index (χ1n) is 8.27. The number of hydrogen-bond acceptors (Lipinski definition) is 4. The number of hydrogen-bond donors (Lipinski definition) is 2. The molecule has 0 aromatic heterocycles. The zero-order valence-corrected chi connectivity index (χ0v) is 16.4. The maximum Gasteiger partial charge on any atom is 0.237 e.